The van der Waals surface area contributed by atoms with Crippen molar-refractivity contribution in [1.82, 2.24) is 10.2 Å². The molecule has 0 aromatic carbocycles. The second kappa shape index (κ2) is 7.13. The molecular weight excluding hydrogens is 236 g/mol. The fourth-order valence-electron chi connectivity index (χ4n) is 2.48. The summed E-state index contributed by atoms with van der Waals surface area (Å²) in [4.78, 5) is 7.07. The molecule has 1 unspecified atom stereocenters. The lowest BCUT2D eigenvalue weighted by Gasteiger charge is -2.42. The highest BCUT2D eigenvalue weighted by atomic mass is 15.2. The SMILES string of the molecule is CC(C)CNC(N)=NCC(C)(C)N1CCCC(C)C1. The fraction of sp³-hybridized carbons (Fsp3) is 0.933. The topological polar surface area (TPSA) is 53.6 Å². The lowest BCUT2D eigenvalue weighted by molar-refractivity contribution is 0.0775. The summed E-state index contributed by atoms with van der Waals surface area (Å²) < 4.78 is 0. The molecule has 0 aromatic rings. The van der Waals surface area contributed by atoms with Crippen LogP contribution in [0.4, 0.5) is 0 Å². The number of rotatable bonds is 5. The Kier molecular flexibility index (Phi) is 6.11. The van der Waals surface area contributed by atoms with Gasteiger partial charge in [0.2, 0.25) is 0 Å². The van der Waals surface area contributed by atoms with E-state index in [0.29, 0.717) is 11.9 Å². The zero-order valence-electron chi connectivity index (χ0n) is 13.4. The van der Waals surface area contributed by atoms with E-state index >= 15 is 0 Å². The van der Waals surface area contributed by atoms with E-state index in [-0.39, 0.29) is 5.54 Å². The molecule has 0 bridgehead atoms. The van der Waals surface area contributed by atoms with Gasteiger partial charge in [0, 0.05) is 18.6 Å². The van der Waals surface area contributed by atoms with Crippen LogP contribution in [0, 0.1) is 11.8 Å². The first-order chi connectivity index (χ1) is 8.81. The van der Waals surface area contributed by atoms with Crippen molar-refractivity contribution in [2.75, 3.05) is 26.2 Å². The van der Waals surface area contributed by atoms with Crippen molar-refractivity contribution in [2.24, 2.45) is 22.6 Å². The molecule has 1 aliphatic heterocycles. The normalized spacial score (nSPS) is 22.8. The first kappa shape index (κ1) is 16.3. The summed E-state index contributed by atoms with van der Waals surface area (Å²) in [7, 11) is 0. The van der Waals surface area contributed by atoms with Crippen LogP contribution in [0.3, 0.4) is 0 Å². The van der Waals surface area contributed by atoms with Crippen molar-refractivity contribution in [1.29, 1.82) is 0 Å². The molecular formula is C15H32N4. The number of guanidine groups is 1. The van der Waals surface area contributed by atoms with Gasteiger partial charge in [-0.2, -0.15) is 0 Å². The van der Waals surface area contributed by atoms with Gasteiger partial charge in [-0.15, -0.1) is 0 Å². The summed E-state index contributed by atoms with van der Waals surface area (Å²) >= 11 is 0. The Morgan fingerprint density at radius 1 is 1.47 bits per heavy atom. The molecule has 0 amide bonds. The van der Waals surface area contributed by atoms with Crippen LogP contribution in [0.2, 0.25) is 0 Å². The summed E-state index contributed by atoms with van der Waals surface area (Å²) in [5.74, 6) is 1.96. The lowest BCUT2D eigenvalue weighted by Crippen LogP contribution is -2.51. The van der Waals surface area contributed by atoms with Gasteiger partial charge >= 0.3 is 0 Å². The van der Waals surface area contributed by atoms with Crippen LogP contribution in [-0.4, -0.2) is 42.6 Å². The molecule has 112 valence electrons. The summed E-state index contributed by atoms with van der Waals surface area (Å²) in [5, 5.41) is 3.18. The van der Waals surface area contributed by atoms with Crippen LogP contribution in [-0.2, 0) is 0 Å². The molecule has 4 heteroatoms. The lowest BCUT2D eigenvalue weighted by atomic mass is 9.94. The molecule has 3 N–H and O–H groups in total. The van der Waals surface area contributed by atoms with Gasteiger partial charge < -0.3 is 11.1 Å². The van der Waals surface area contributed by atoms with E-state index in [1.165, 1.54) is 25.9 Å². The summed E-state index contributed by atoms with van der Waals surface area (Å²) in [6.07, 6.45) is 2.66. The van der Waals surface area contributed by atoms with E-state index in [2.05, 4.69) is 49.8 Å². The summed E-state index contributed by atoms with van der Waals surface area (Å²) in [6, 6.07) is 0. The number of hydrogen-bond donors (Lipinski definition) is 2. The Balaban J connectivity index is 2.46. The second-order valence-corrected chi connectivity index (χ2v) is 6.98. The van der Waals surface area contributed by atoms with E-state index in [4.69, 9.17) is 5.73 Å². The van der Waals surface area contributed by atoms with Gasteiger partial charge in [-0.05, 0) is 45.1 Å². The minimum Gasteiger partial charge on any atom is -0.370 e. The van der Waals surface area contributed by atoms with Crippen LogP contribution in [0.15, 0.2) is 4.99 Å². The molecule has 1 fully saturated rings. The molecule has 1 atom stereocenters. The molecule has 1 aliphatic rings. The van der Waals surface area contributed by atoms with Gasteiger partial charge in [-0.3, -0.25) is 9.89 Å². The van der Waals surface area contributed by atoms with Crippen molar-refractivity contribution in [3.63, 3.8) is 0 Å². The molecule has 1 saturated heterocycles. The van der Waals surface area contributed by atoms with Gasteiger partial charge in [-0.25, -0.2) is 0 Å². The monoisotopic (exact) mass is 268 g/mol. The molecule has 0 spiro atoms. The van der Waals surface area contributed by atoms with E-state index in [0.717, 1.165) is 19.0 Å². The van der Waals surface area contributed by atoms with Crippen molar-refractivity contribution < 1.29 is 0 Å². The maximum absolute atomic E-state index is 5.91. The predicted octanol–water partition coefficient (Wildman–Crippen LogP) is 2.06. The minimum absolute atomic E-state index is 0.0960. The Bertz CT molecular complexity index is 297. The maximum Gasteiger partial charge on any atom is 0.188 e. The van der Waals surface area contributed by atoms with E-state index in [1.807, 2.05) is 0 Å². The van der Waals surface area contributed by atoms with Gasteiger partial charge in [0.1, 0.15) is 0 Å². The molecule has 4 nitrogen and oxygen atoms in total. The number of aliphatic imine (C=N–C) groups is 1. The van der Waals surface area contributed by atoms with Crippen LogP contribution in [0.5, 0.6) is 0 Å². The smallest absolute Gasteiger partial charge is 0.188 e. The highest BCUT2D eigenvalue weighted by molar-refractivity contribution is 5.77. The van der Waals surface area contributed by atoms with Crippen LogP contribution in [0.25, 0.3) is 0 Å². The molecule has 0 aliphatic carbocycles. The molecule has 0 radical (unpaired) electrons. The van der Waals surface area contributed by atoms with Crippen LogP contribution >= 0.6 is 0 Å². The number of likely N-dealkylation sites (tertiary alicyclic amines) is 1. The molecule has 0 aromatic heterocycles. The fourth-order valence-corrected chi connectivity index (χ4v) is 2.48. The van der Waals surface area contributed by atoms with Crippen molar-refractivity contribution in [3.05, 3.63) is 0 Å². The third-order valence-electron chi connectivity index (χ3n) is 3.84. The predicted molar refractivity (Wildman–Crippen MR) is 83.4 cm³/mol. The van der Waals surface area contributed by atoms with Crippen LogP contribution < -0.4 is 11.1 Å². The number of piperidine rings is 1. The first-order valence-electron chi connectivity index (χ1n) is 7.60. The number of nitrogens with one attached hydrogen (secondary N) is 1. The van der Waals surface area contributed by atoms with E-state index < -0.39 is 0 Å². The Hall–Kier alpha value is -0.770. The van der Waals surface area contributed by atoms with Crippen molar-refractivity contribution in [3.8, 4) is 0 Å². The van der Waals surface area contributed by atoms with Gasteiger partial charge in [0.05, 0.1) is 6.54 Å². The Morgan fingerprint density at radius 3 is 2.74 bits per heavy atom. The van der Waals surface area contributed by atoms with E-state index in [1.54, 1.807) is 0 Å². The third kappa shape index (κ3) is 5.81. The second-order valence-electron chi connectivity index (χ2n) is 6.98. The zero-order chi connectivity index (χ0) is 14.5. The van der Waals surface area contributed by atoms with Gasteiger partial charge in [0.25, 0.3) is 0 Å². The molecule has 1 rings (SSSR count). The standard InChI is InChI=1S/C15H32N4/c1-12(2)9-17-14(16)18-11-15(4,5)19-8-6-7-13(3)10-19/h12-13H,6-11H2,1-5H3,(H3,16,17,18). The highest BCUT2D eigenvalue weighted by Gasteiger charge is 2.29. The quantitative estimate of drug-likeness (QED) is 0.593. The Labute approximate surface area is 118 Å². The summed E-state index contributed by atoms with van der Waals surface area (Å²) in [5.41, 5.74) is 6.00. The Morgan fingerprint density at radius 2 is 2.16 bits per heavy atom. The first-order valence-corrected chi connectivity index (χ1v) is 7.60. The number of nitrogens with two attached hydrogens (primary N) is 1. The van der Waals surface area contributed by atoms with Crippen molar-refractivity contribution in [2.45, 2.75) is 53.0 Å². The molecule has 19 heavy (non-hydrogen) atoms. The number of nitrogens with zero attached hydrogens (tertiary/aromatic N) is 2. The molecule has 1 heterocycles. The van der Waals surface area contributed by atoms with E-state index in [9.17, 15) is 0 Å². The maximum atomic E-state index is 5.91. The van der Waals surface area contributed by atoms with Gasteiger partial charge in [-0.1, -0.05) is 20.8 Å². The largest absolute Gasteiger partial charge is 0.370 e. The van der Waals surface area contributed by atoms with Crippen LogP contribution in [0.1, 0.15) is 47.5 Å². The van der Waals surface area contributed by atoms with Crippen molar-refractivity contribution >= 4 is 5.96 Å². The minimum atomic E-state index is 0.0960. The highest BCUT2D eigenvalue weighted by Crippen LogP contribution is 2.23. The number of hydrogen-bond acceptors (Lipinski definition) is 2. The zero-order valence-corrected chi connectivity index (χ0v) is 13.4. The van der Waals surface area contributed by atoms with Gasteiger partial charge in [0.15, 0.2) is 5.96 Å². The third-order valence-corrected chi connectivity index (χ3v) is 3.84. The average molecular weight is 268 g/mol. The summed E-state index contributed by atoms with van der Waals surface area (Å²) in [6.45, 7) is 15.2. The average Bonchev–Trinajstić information content (AvgIpc) is 2.34. The molecule has 0 saturated carbocycles.